The summed E-state index contributed by atoms with van der Waals surface area (Å²) in [5, 5.41) is 0. The van der Waals surface area contributed by atoms with Gasteiger partial charge >= 0.3 is 0 Å². The fourth-order valence-corrected chi connectivity index (χ4v) is 5.84. The fraction of sp³-hybridized carbons (Fsp3) is 0.350. The third kappa shape index (κ3) is 5.29. The monoisotopic (exact) mass is 469 g/mol. The van der Waals surface area contributed by atoms with Gasteiger partial charge in [-0.05, 0) is 55.0 Å². The molecule has 0 aliphatic carbocycles. The van der Waals surface area contributed by atoms with Crippen molar-refractivity contribution in [3.63, 3.8) is 0 Å². The van der Waals surface area contributed by atoms with E-state index in [4.69, 9.17) is 0 Å². The molecule has 0 bridgehead atoms. The molecule has 31 heavy (non-hydrogen) atoms. The van der Waals surface area contributed by atoms with Crippen molar-refractivity contribution >= 4 is 26.0 Å². The molecule has 2 aromatic rings. The van der Waals surface area contributed by atoms with Crippen LogP contribution in [0.2, 0.25) is 0 Å². The number of nitrogens with zero attached hydrogens (tertiary/aromatic N) is 2. The van der Waals surface area contributed by atoms with Gasteiger partial charge in [0.25, 0.3) is 5.91 Å². The first kappa shape index (κ1) is 23.3. The van der Waals surface area contributed by atoms with Crippen molar-refractivity contribution in [2.45, 2.75) is 23.1 Å². The standard InChI is InChI=1S/C20H24FN3O5S2/c1-2-22-30(26,27)18-8-4-16(5-9-18)20(25)23-12-3-13-24(15-14-23)31(28,29)19-10-6-17(21)7-11-19/h4-11,22H,2-3,12-15H2,1H3. The van der Waals surface area contributed by atoms with Crippen LogP contribution in [0.5, 0.6) is 0 Å². The largest absolute Gasteiger partial charge is 0.337 e. The summed E-state index contributed by atoms with van der Waals surface area (Å²) < 4.78 is 66.5. The van der Waals surface area contributed by atoms with Gasteiger partial charge in [-0.2, -0.15) is 4.31 Å². The molecule has 0 spiro atoms. The van der Waals surface area contributed by atoms with Crippen molar-refractivity contribution < 1.29 is 26.0 Å². The van der Waals surface area contributed by atoms with E-state index in [0.717, 1.165) is 12.1 Å². The third-order valence-corrected chi connectivity index (χ3v) is 8.41. The quantitative estimate of drug-likeness (QED) is 0.693. The molecule has 1 N–H and O–H groups in total. The highest BCUT2D eigenvalue weighted by molar-refractivity contribution is 7.89. The van der Waals surface area contributed by atoms with Gasteiger partial charge in [-0.1, -0.05) is 6.92 Å². The van der Waals surface area contributed by atoms with Gasteiger partial charge in [0, 0.05) is 38.3 Å². The normalized spacial score (nSPS) is 16.1. The minimum Gasteiger partial charge on any atom is -0.337 e. The molecule has 1 saturated heterocycles. The fourth-order valence-electron chi connectivity index (χ4n) is 3.33. The molecular weight excluding hydrogens is 445 g/mol. The van der Waals surface area contributed by atoms with Gasteiger partial charge in [-0.25, -0.2) is 25.9 Å². The maximum Gasteiger partial charge on any atom is 0.253 e. The lowest BCUT2D eigenvalue weighted by molar-refractivity contribution is 0.0764. The van der Waals surface area contributed by atoms with E-state index in [0.29, 0.717) is 18.5 Å². The van der Waals surface area contributed by atoms with Crippen molar-refractivity contribution in [1.29, 1.82) is 0 Å². The van der Waals surface area contributed by atoms with Crippen LogP contribution in [-0.2, 0) is 20.0 Å². The molecule has 0 atom stereocenters. The topological polar surface area (TPSA) is 104 Å². The van der Waals surface area contributed by atoms with Crippen LogP contribution in [0.4, 0.5) is 4.39 Å². The Morgan fingerprint density at radius 3 is 2.13 bits per heavy atom. The van der Waals surface area contributed by atoms with Crippen LogP contribution in [0.15, 0.2) is 58.3 Å². The molecule has 1 aliphatic heterocycles. The summed E-state index contributed by atoms with van der Waals surface area (Å²) >= 11 is 0. The number of carbonyl (C=O) groups excluding carboxylic acids is 1. The highest BCUT2D eigenvalue weighted by atomic mass is 32.2. The Morgan fingerprint density at radius 1 is 0.903 bits per heavy atom. The predicted octanol–water partition coefficient (Wildman–Crippen LogP) is 1.66. The van der Waals surface area contributed by atoms with Crippen molar-refractivity contribution in [2.75, 3.05) is 32.7 Å². The van der Waals surface area contributed by atoms with Crippen molar-refractivity contribution in [3.05, 3.63) is 59.9 Å². The first-order valence-corrected chi connectivity index (χ1v) is 12.7. The minimum absolute atomic E-state index is 0.00571. The van der Waals surface area contributed by atoms with Gasteiger partial charge in [-0.15, -0.1) is 0 Å². The van der Waals surface area contributed by atoms with E-state index in [1.165, 1.54) is 40.7 Å². The summed E-state index contributed by atoms with van der Waals surface area (Å²) in [7, 11) is -7.40. The van der Waals surface area contributed by atoms with E-state index in [9.17, 15) is 26.0 Å². The molecule has 0 unspecified atom stereocenters. The first-order valence-electron chi connectivity index (χ1n) is 9.80. The Bertz CT molecular complexity index is 1130. The number of carbonyl (C=O) groups is 1. The van der Waals surface area contributed by atoms with Gasteiger partial charge in [0.05, 0.1) is 9.79 Å². The zero-order valence-electron chi connectivity index (χ0n) is 17.0. The summed E-state index contributed by atoms with van der Waals surface area (Å²) in [5.41, 5.74) is 0.324. The summed E-state index contributed by atoms with van der Waals surface area (Å²) in [4.78, 5) is 14.5. The molecule has 1 aliphatic rings. The molecule has 2 aromatic carbocycles. The summed E-state index contributed by atoms with van der Waals surface area (Å²) in [5.74, 6) is -0.815. The summed E-state index contributed by atoms with van der Waals surface area (Å²) in [6.07, 6.45) is 0.443. The van der Waals surface area contributed by atoms with Crippen LogP contribution < -0.4 is 4.72 Å². The zero-order valence-corrected chi connectivity index (χ0v) is 18.6. The molecule has 0 saturated carbocycles. The van der Waals surface area contributed by atoms with Gasteiger partial charge in [-0.3, -0.25) is 4.79 Å². The van der Waals surface area contributed by atoms with E-state index in [2.05, 4.69) is 4.72 Å². The van der Waals surface area contributed by atoms with Crippen LogP contribution in [-0.4, -0.2) is 64.7 Å². The lowest BCUT2D eigenvalue weighted by atomic mass is 10.2. The molecule has 1 amide bonds. The number of benzene rings is 2. The number of nitrogens with one attached hydrogen (secondary N) is 1. The molecule has 3 rings (SSSR count). The van der Waals surface area contributed by atoms with Gasteiger partial charge < -0.3 is 4.90 Å². The number of amides is 1. The van der Waals surface area contributed by atoms with E-state index in [1.54, 1.807) is 11.8 Å². The van der Waals surface area contributed by atoms with Crippen LogP contribution in [0.25, 0.3) is 0 Å². The van der Waals surface area contributed by atoms with Gasteiger partial charge in [0.15, 0.2) is 0 Å². The SMILES string of the molecule is CCNS(=O)(=O)c1ccc(C(=O)N2CCCN(S(=O)(=O)c3ccc(F)cc3)CC2)cc1. The van der Waals surface area contributed by atoms with E-state index < -0.39 is 25.9 Å². The molecule has 1 heterocycles. The van der Waals surface area contributed by atoms with Crippen molar-refractivity contribution in [3.8, 4) is 0 Å². The second-order valence-electron chi connectivity index (χ2n) is 7.03. The van der Waals surface area contributed by atoms with Crippen LogP contribution in [0.3, 0.4) is 0 Å². The van der Waals surface area contributed by atoms with Gasteiger partial charge in [0.2, 0.25) is 20.0 Å². The highest BCUT2D eigenvalue weighted by Gasteiger charge is 2.28. The lowest BCUT2D eigenvalue weighted by Gasteiger charge is -2.22. The Morgan fingerprint density at radius 2 is 1.52 bits per heavy atom. The average Bonchev–Trinajstić information content (AvgIpc) is 3.00. The number of halogens is 1. The maximum absolute atomic E-state index is 13.1. The zero-order chi connectivity index (χ0) is 22.6. The molecule has 11 heteroatoms. The predicted molar refractivity (Wildman–Crippen MR) is 113 cm³/mol. The minimum atomic E-state index is -3.79. The second-order valence-corrected chi connectivity index (χ2v) is 10.7. The van der Waals surface area contributed by atoms with E-state index >= 15 is 0 Å². The highest BCUT2D eigenvalue weighted by Crippen LogP contribution is 2.19. The summed E-state index contributed by atoms with van der Waals surface area (Å²) in [6, 6.07) is 10.3. The summed E-state index contributed by atoms with van der Waals surface area (Å²) in [6.45, 7) is 2.84. The number of rotatable bonds is 6. The Kier molecular flexibility index (Phi) is 7.10. The van der Waals surface area contributed by atoms with Crippen LogP contribution >= 0.6 is 0 Å². The molecule has 0 radical (unpaired) electrons. The second kappa shape index (κ2) is 9.43. The first-order chi connectivity index (χ1) is 14.6. The van der Waals surface area contributed by atoms with Crippen LogP contribution in [0.1, 0.15) is 23.7 Å². The van der Waals surface area contributed by atoms with Crippen molar-refractivity contribution in [1.82, 2.24) is 13.9 Å². The van der Waals surface area contributed by atoms with E-state index in [-0.39, 0.29) is 41.9 Å². The van der Waals surface area contributed by atoms with Gasteiger partial charge in [0.1, 0.15) is 5.82 Å². The van der Waals surface area contributed by atoms with Crippen molar-refractivity contribution in [2.24, 2.45) is 0 Å². The Labute approximate surface area is 181 Å². The molecular formula is C20H24FN3O5S2. The number of hydrogen-bond donors (Lipinski definition) is 1. The third-order valence-electron chi connectivity index (χ3n) is 4.94. The Hall–Kier alpha value is -2.34. The molecule has 1 fully saturated rings. The Balaban J connectivity index is 1.70. The lowest BCUT2D eigenvalue weighted by Crippen LogP contribution is -2.37. The molecule has 168 valence electrons. The average molecular weight is 470 g/mol. The molecule has 0 aromatic heterocycles. The number of sulfonamides is 2. The molecule has 8 nitrogen and oxygen atoms in total. The van der Waals surface area contributed by atoms with E-state index in [1.807, 2.05) is 0 Å². The van der Waals surface area contributed by atoms with Crippen LogP contribution in [0, 0.1) is 5.82 Å². The smallest absolute Gasteiger partial charge is 0.253 e. The number of hydrogen-bond acceptors (Lipinski definition) is 5. The maximum atomic E-state index is 13.1.